The van der Waals surface area contributed by atoms with Gasteiger partial charge in [-0.15, -0.1) is 0 Å². The zero-order valence-corrected chi connectivity index (χ0v) is 14.0. The monoisotopic (exact) mass is 342 g/mol. The Morgan fingerprint density at radius 2 is 1.84 bits per heavy atom. The van der Waals surface area contributed by atoms with Gasteiger partial charge in [-0.25, -0.2) is 4.39 Å². The molecule has 1 fully saturated rings. The van der Waals surface area contributed by atoms with Crippen molar-refractivity contribution in [1.29, 1.82) is 0 Å². The summed E-state index contributed by atoms with van der Waals surface area (Å²) in [7, 11) is 1.52. The molecule has 1 aliphatic rings. The van der Waals surface area contributed by atoms with E-state index in [1.54, 1.807) is 30.3 Å². The molecular weight excluding hydrogens is 323 g/mol. The maximum absolute atomic E-state index is 13.0. The summed E-state index contributed by atoms with van der Waals surface area (Å²) in [6, 6.07) is 11.3. The molecule has 25 heavy (non-hydrogen) atoms. The molecule has 2 atom stereocenters. The predicted molar refractivity (Wildman–Crippen MR) is 93.2 cm³/mol. The van der Waals surface area contributed by atoms with E-state index >= 15 is 0 Å². The molecule has 3 rings (SSSR count). The van der Waals surface area contributed by atoms with Gasteiger partial charge < -0.3 is 15.4 Å². The van der Waals surface area contributed by atoms with Crippen LogP contribution in [0.15, 0.2) is 42.5 Å². The SMILES string of the molecule is COc1ccc(NC(C)=O)cc1NC(=O)C1CC1c1ccc(F)cc1. The van der Waals surface area contributed by atoms with Crippen molar-refractivity contribution in [2.24, 2.45) is 5.92 Å². The number of carbonyl (C=O) groups is 2. The maximum atomic E-state index is 13.0. The molecule has 2 amide bonds. The average molecular weight is 342 g/mol. The van der Waals surface area contributed by atoms with E-state index in [1.165, 1.54) is 26.2 Å². The third kappa shape index (κ3) is 3.96. The second-order valence-electron chi connectivity index (χ2n) is 6.09. The van der Waals surface area contributed by atoms with Crippen molar-refractivity contribution in [3.63, 3.8) is 0 Å². The highest BCUT2D eigenvalue weighted by atomic mass is 19.1. The zero-order valence-electron chi connectivity index (χ0n) is 14.0. The highest BCUT2D eigenvalue weighted by molar-refractivity contribution is 5.98. The molecule has 2 aromatic rings. The van der Waals surface area contributed by atoms with E-state index in [0.29, 0.717) is 17.1 Å². The first-order valence-corrected chi connectivity index (χ1v) is 8.00. The van der Waals surface area contributed by atoms with Gasteiger partial charge in [-0.1, -0.05) is 12.1 Å². The van der Waals surface area contributed by atoms with Crippen LogP contribution < -0.4 is 15.4 Å². The van der Waals surface area contributed by atoms with Crippen LogP contribution in [0.2, 0.25) is 0 Å². The summed E-state index contributed by atoms with van der Waals surface area (Å²) in [6.07, 6.45) is 0.727. The number of ether oxygens (including phenoxy) is 1. The molecule has 1 aliphatic carbocycles. The Hall–Kier alpha value is -2.89. The Kier molecular flexibility index (Phi) is 4.70. The highest BCUT2D eigenvalue weighted by Crippen LogP contribution is 2.48. The highest BCUT2D eigenvalue weighted by Gasteiger charge is 2.44. The number of anilines is 2. The molecule has 0 heterocycles. The minimum absolute atomic E-state index is 0.102. The van der Waals surface area contributed by atoms with Crippen LogP contribution in [0.25, 0.3) is 0 Å². The van der Waals surface area contributed by atoms with Crippen molar-refractivity contribution in [2.75, 3.05) is 17.7 Å². The lowest BCUT2D eigenvalue weighted by Crippen LogP contribution is -2.15. The van der Waals surface area contributed by atoms with Crippen molar-refractivity contribution >= 4 is 23.2 Å². The first-order chi connectivity index (χ1) is 12.0. The predicted octanol–water partition coefficient (Wildman–Crippen LogP) is 3.53. The molecule has 0 bridgehead atoms. The lowest BCUT2D eigenvalue weighted by atomic mass is 10.1. The van der Waals surface area contributed by atoms with Gasteiger partial charge in [0.05, 0.1) is 12.8 Å². The van der Waals surface area contributed by atoms with Gasteiger partial charge in [-0.2, -0.15) is 0 Å². The van der Waals surface area contributed by atoms with E-state index in [1.807, 2.05) is 0 Å². The summed E-state index contributed by atoms with van der Waals surface area (Å²) >= 11 is 0. The van der Waals surface area contributed by atoms with Gasteiger partial charge >= 0.3 is 0 Å². The fourth-order valence-corrected chi connectivity index (χ4v) is 2.88. The number of hydrogen-bond donors (Lipinski definition) is 2. The largest absolute Gasteiger partial charge is 0.495 e. The molecule has 130 valence electrons. The minimum Gasteiger partial charge on any atom is -0.495 e. The first-order valence-electron chi connectivity index (χ1n) is 8.00. The van der Waals surface area contributed by atoms with Gasteiger partial charge in [0, 0.05) is 18.5 Å². The second-order valence-corrected chi connectivity index (χ2v) is 6.09. The Morgan fingerprint density at radius 1 is 1.12 bits per heavy atom. The van der Waals surface area contributed by atoms with E-state index in [9.17, 15) is 14.0 Å². The lowest BCUT2D eigenvalue weighted by Gasteiger charge is -2.12. The molecular formula is C19H19FN2O3. The summed E-state index contributed by atoms with van der Waals surface area (Å²) in [4.78, 5) is 23.7. The van der Waals surface area contributed by atoms with Crippen LogP contribution in [-0.4, -0.2) is 18.9 Å². The van der Waals surface area contributed by atoms with E-state index < -0.39 is 0 Å². The van der Waals surface area contributed by atoms with Crippen molar-refractivity contribution in [3.05, 3.63) is 53.8 Å². The number of benzene rings is 2. The van der Waals surface area contributed by atoms with Gasteiger partial charge in [-0.3, -0.25) is 9.59 Å². The molecule has 0 spiro atoms. The van der Waals surface area contributed by atoms with Gasteiger partial charge in [0.25, 0.3) is 0 Å². The molecule has 0 radical (unpaired) electrons. The van der Waals surface area contributed by atoms with Crippen LogP contribution in [0.4, 0.5) is 15.8 Å². The molecule has 2 aromatic carbocycles. The van der Waals surface area contributed by atoms with E-state index in [4.69, 9.17) is 4.74 Å². The van der Waals surface area contributed by atoms with Crippen LogP contribution in [0.3, 0.4) is 0 Å². The smallest absolute Gasteiger partial charge is 0.228 e. The number of carbonyl (C=O) groups excluding carboxylic acids is 2. The average Bonchev–Trinajstić information content (AvgIpc) is 3.36. The Morgan fingerprint density at radius 3 is 2.48 bits per heavy atom. The quantitative estimate of drug-likeness (QED) is 0.873. The van der Waals surface area contributed by atoms with Crippen LogP contribution in [0.1, 0.15) is 24.8 Å². The third-order valence-electron chi connectivity index (χ3n) is 4.20. The van der Waals surface area contributed by atoms with Gasteiger partial charge in [0.1, 0.15) is 11.6 Å². The topological polar surface area (TPSA) is 67.4 Å². The number of amides is 2. The van der Waals surface area contributed by atoms with Gasteiger partial charge in [0.15, 0.2) is 0 Å². The maximum Gasteiger partial charge on any atom is 0.228 e. The molecule has 6 heteroatoms. The van der Waals surface area contributed by atoms with Crippen molar-refractivity contribution in [1.82, 2.24) is 0 Å². The number of halogens is 1. The first kappa shape index (κ1) is 17.0. The molecule has 2 unspecified atom stereocenters. The summed E-state index contributed by atoms with van der Waals surface area (Å²) in [5, 5.41) is 5.53. The molecule has 5 nitrogen and oxygen atoms in total. The van der Waals surface area contributed by atoms with Crippen molar-refractivity contribution < 1.29 is 18.7 Å². The standard InChI is InChI=1S/C19H19FN2O3/c1-11(23)21-14-7-8-18(25-2)17(9-14)22-19(24)16-10-15(16)12-3-5-13(20)6-4-12/h3-9,15-16H,10H2,1-2H3,(H,21,23)(H,22,24). The van der Waals surface area contributed by atoms with Crippen molar-refractivity contribution in [3.8, 4) is 5.75 Å². The molecule has 2 N–H and O–H groups in total. The van der Waals surface area contributed by atoms with Gasteiger partial charge in [-0.05, 0) is 48.2 Å². The number of rotatable bonds is 5. The Bertz CT molecular complexity index is 805. The molecule has 0 aliphatic heterocycles. The minimum atomic E-state index is -0.287. The van der Waals surface area contributed by atoms with E-state index in [0.717, 1.165) is 12.0 Å². The van der Waals surface area contributed by atoms with Crippen LogP contribution in [0, 0.1) is 11.7 Å². The van der Waals surface area contributed by atoms with Crippen LogP contribution >= 0.6 is 0 Å². The Labute approximate surface area is 145 Å². The van der Waals surface area contributed by atoms with Crippen LogP contribution in [-0.2, 0) is 9.59 Å². The second kappa shape index (κ2) is 6.93. The normalized spacial score (nSPS) is 18.4. The lowest BCUT2D eigenvalue weighted by molar-refractivity contribution is -0.117. The summed E-state index contributed by atoms with van der Waals surface area (Å²) in [5.74, 6) is -0.135. The molecule has 1 saturated carbocycles. The molecule has 0 saturated heterocycles. The summed E-state index contributed by atoms with van der Waals surface area (Å²) in [6.45, 7) is 1.42. The van der Waals surface area contributed by atoms with E-state index in [2.05, 4.69) is 10.6 Å². The fraction of sp³-hybridized carbons (Fsp3) is 0.263. The molecule has 0 aromatic heterocycles. The van der Waals surface area contributed by atoms with Crippen LogP contribution in [0.5, 0.6) is 5.75 Å². The van der Waals surface area contributed by atoms with Crippen molar-refractivity contribution in [2.45, 2.75) is 19.3 Å². The number of methoxy groups -OCH3 is 1. The zero-order chi connectivity index (χ0) is 18.0. The fourth-order valence-electron chi connectivity index (χ4n) is 2.88. The number of hydrogen-bond acceptors (Lipinski definition) is 3. The Balaban J connectivity index is 1.70. The van der Waals surface area contributed by atoms with Gasteiger partial charge in [0.2, 0.25) is 11.8 Å². The summed E-state index contributed by atoms with van der Waals surface area (Å²) < 4.78 is 18.3. The summed E-state index contributed by atoms with van der Waals surface area (Å²) in [5.41, 5.74) is 2.04. The number of nitrogens with one attached hydrogen (secondary N) is 2. The third-order valence-corrected chi connectivity index (χ3v) is 4.20. The van der Waals surface area contributed by atoms with E-state index in [-0.39, 0.29) is 29.5 Å².